The molecule has 1 heterocycles. The summed E-state index contributed by atoms with van der Waals surface area (Å²) in [5.74, 6) is -3.38. The molecule has 1 N–H and O–H groups in total. The van der Waals surface area contributed by atoms with E-state index in [0.717, 1.165) is 12.1 Å². The van der Waals surface area contributed by atoms with Crippen LogP contribution in [0.2, 0.25) is 0 Å². The van der Waals surface area contributed by atoms with Gasteiger partial charge in [0.1, 0.15) is 6.04 Å². The molecule has 3 nitrogen and oxygen atoms in total. The van der Waals surface area contributed by atoms with Crippen molar-refractivity contribution >= 4 is 6.09 Å². The second-order valence-electron chi connectivity index (χ2n) is 4.03. The molecule has 1 aromatic carbocycles. The average molecular weight is 281 g/mol. The highest BCUT2D eigenvalue weighted by molar-refractivity contribution is 5.69. The lowest BCUT2D eigenvalue weighted by molar-refractivity contribution is -0.137. The summed E-state index contributed by atoms with van der Waals surface area (Å²) in [6, 6.07) is 1.50. The van der Waals surface area contributed by atoms with Crippen LogP contribution < -0.4 is 5.32 Å². The maximum absolute atomic E-state index is 13.5. The van der Waals surface area contributed by atoms with Gasteiger partial charge < -0.3 is 10.1 Å². The number of alkyl carbamates (subject to hydrolysis) is 1. The number of amides is 1. The highest BCUT2D eigenvalue weighted by atomic mass is 19.4. The summed E-state index contributed by atoms with van der Waals surface area (Å²) in [4.78, 5) is 10.9. The van der Waals surface area contributed by atoms with Gasteiger partial charge in [-0.1, -0.05) is 12.1 Å². The molecular weight excluding hydrogens is 273 g/mol. The predicted molar refractivity (Wildman–Crippen MR) is 53.6 cm³/mol. The Morgan fingerprint density at radius 2 is 1.79 bits per heavy atom. The standard InChI is InChI=1S/C11H8F5NO2/c12-10(13)5-19-9(18)17-8(10)6-1-3-7(4-2-6)11(14,15)16/h1-4,8H,5H2,(H,17,18)/t8-/m0/s1. The zero-order valence-electron chi connectivity index (χ0n) is 9.30. The highest BCUT2D eigenvalue weighted by Gasteiger charge is 2.46. The normalized spacial score (nSPS) is 22.6. The van der Waals surface area contributed by atoms with Crippen molar-refractivity contribution in [2.75, 3.05) is 6.61 Å². The molecule has 1 amide bonds. The molecular formula is C11H8F5NO2. The lowest BCUT2D eigenvalue weighted by Crippen LogP contribution is -2.49. The molecule has 0 aromatic heterocycles. The van der Waals surface area contributed by atoms with Crippen LogP contribution in [-0.2, 0) is 10.9 Å². The third-order valence-corrected chi connectivity index (χ3v) is 2.65. The van der Waals surface area contributed by atoms with E-state index in [1.807, 2.05) is 5.32 Å². The Bertz CT molecular complexity index is 483. The molecule has 8 heteroatoms. The lowest BCUT2D eigenvalue weighted by Gasteiger charge is -2.31. The van der Waals surface area contributed by atoms with Gasteiger partial charge in [0.2, 0.25) is 0 Å². The minimum absolute atomic E-state index is 0.116. The summed E-state index contributed by atoms with van der Waals surface area (Å²) in [6.45, 7) is -1.11. The largest absolute Gasteiger partial charge is 0.443 e. The van der Waals surface area contributed by atoms with Crippen molar-refractivity contribution in [2.24, 2.45) is 0 Å². The number of hydrogen-bond donors (Lipinski definition) is 1. The molecule has 1 atom stereocenters. The number of nitrogens with one attached hydrogen (secondary N) is 1. The van der Waals surface area contributed by atoms with E-state index in [2.05, 4.69) is 4.74 Å². The lowest BCUT2D eigenvalue weighted by atomic mass is 9.99. The molecule has 1 aromatic rings. The molecule has 1 fully saturated rings. The van der Waals surface area contributed by atoms with Crippen molar-refractivity contribution in [3.8, 4) is 0 Å². The zero-order valence-corrected chi connectivity index (χ0v) is 9.30. The number of ether oxygens (including phenoxy) is 1. The van der Waals surface area contributed by atoms with Gasteiger partial charge in [-0.05, 0) is 17.7 Å². The molecule has 0 radical (unpaired) electrons. The first-order chi connectivity index (χ1) is 8.70. The summed E-state index contributed by atoms with van der Waals surface area (Å²) in [7, 11) is 0. The Kier molecular flexibility index (Phi) is 3.11. The Balaban J connectivity index is 2.28. The van der Waals surface area contributed by atoms with E-state index in [4.69, 9.17) is 0 Å². The van der Waals surface area contributed by atoms with Gasteiger partial charge in [0.15, 0.2) is 6.61 Å². The third kappa shape index (κ3) is 2.77. The van der Waals surface area contributed by atoms with Crippen molar-refractivity contribution in [2.45, 2.75) is 18.1 Å². The molecule has 0 bridgehead atoms. The Morgan fingerprint density at radius 1 is 1.21 bits per heavy atom. The molecule has 0 saturated carbocycles. The second kappa shape index (κ2) is 4.36. The first-order valence-corrected chi connectivity index (χ1v) is 5.18. The Morgan fingerprint density at radius 3 is 2.32 bits per heavy atom. The van der Waals surface area contributed by atoms with Gasteiger partial charge in [-0.3, -0.25) is 0 Å². The molecule has 0 spiro atoms. The fourth-order valence-corrected chi connectivity index (χ4v) is 1.70. The number of hydrogen-bond acceptors (Lipinski definition) is 2. The maximum atomic E-state index is 13.5. The quantitative estimate of drug-likeness (QED) is 0.803. The summed E-state index contributed by atoms with van der Waals surface area (Å²) in [6.07, 6.45) is -5.57. The number of benzene rings is 1. The van der Waals surface area contributed by atoms with E-state index in [0.29, 0.717) is 12.1 Å². The van der Waals surface area contributed by atoms with Crippen LogP contribution >= 0.6 is 0 Å². The molecule has 0 unspecified atom stereocenters. The highest BCUT2D eigenvalue weighted by Crippen LogP contribution is 2.36. The van der Waals surface area contributed by atoms with Gasteiger partial charge in [-0.2, -0.15) is 13.2 Å². The van der Waals surface area contributed by atoms with Gasteiger partial charge in [0.25, 0.3) is 0 Å². The second-order valence-corrected chi connectivity index (χ2v) is 4.03. The van der Waals surface area contributed by atoms with Crippen molar-refractivity contribution < 1.29 is 31.5 Å². The smallest absolute Gasteiger partial charge is 0.416 e. The summed E-state index contributed by atoms with van der Waals surface area (Å²) in [5, 5.41) is 1.89. The minimum atomic E-state index is -4.54. The molecule has 1 aliphatic rings. The van der Waals surface area contributed by atoms with Gasteiger partial charge >= 0.3 is 18.2 Å². The Hall–Kier alpha value is -1.86. The van der Waals surface area contributed by atoms with Crippen LogP contribution in [0.15, 0.2) is 24.3 Å². The van der Waals surface area contributed by atoms with Gasteiger partial charge in [0.05, 0.1) is 5.56 Å². The van der Waals surface area contributed by atoms with Crippen molar-refractivity contribution in [1.82, 2.24) is 5.32 Å². The number of rotatable bonds is 1. The summed E-state index contributed by atoms with van der Waals surface area (Å²) in [5.41, 5.74) is -1.06. The Labute approximate surface area is 104 Å². The first-order valence-electron chi connectivity index (χ1n) is 5.18. The van der Waals surface area contributed by atoms with E-state index in [1.54, 1.807) is 0 Å². The zero-order chi connectivity index (χ0) is 14.3. The van der Waals surface area contributed by atoms with E-state index in [-0.39, 0.29) is 5.56 Å². The minimum Gasteiger partial charge on any atom is -0.443 e. The van der Waals surface area contributed by atoms with Crippen molar-refractivity contribution in [3.05, 3.63) is 35.4 Å². The molecule has 1 aliphatic heterocycles. The van der Waals surface area contributed by atoms with Crippen molar-refractivity contribution in [3.63, 3.8) is 0 Å². The van der Waals surface area contributed by atoms with Gasteiger partial charge in [-0.15, -0.1) is 0 Å². The number of alkyl halides is 5. The summed E-state index contributed by atoms with van der Waals surface area (Å²) >= 11 is 0. The molecule has 104 valence electrons. The topological polar surface area (TPSA) is 38.3 Å². The van der Waals surface area contributed by atoms with Crippen LogP contribution in [0.25, 0.3) is 0 Å². The average Bonchev–Trinajstić information content (AvgIpc) is 2.31. The van der Waals surface area contributed by atoms with Crippen LogP contribution in [0.4, 0.5) is 26.7 Å². The SMILES string of the molecule is O=C1N[C@@H](c2ccc(C(F)(F)F)cc2)C(F)(F)CO1. The molecule has 2 rings (SSSR count). The van der Waals surface area contributed by atoms with Crippen LogP contribution in [0, 0.1) is 0 Å². The number of carbonyl (C=O) groups excluding carboxylic acids is 1. The van der Waals surface area contributed by atoms with E-state index in [1.165, 1.54) is 0 Å². The fourth-order valence-electron chi connectivity index (χ4n) is 1.70. The van der Waals surface area contributed by atoms with Crippen LogP contribution in [-0.4, -0.2) is 18.6 Å². The first kappa shape index (κ1) is 13.6. The molecule has 0 aliphatic carbocycles. The van der Waals surface area contributed by atoms with Gasteiger partial charge in [-0.25, -0.2) is 13.6 Å². The predicted octanol–water partition coefficient (Wildman–Crippen LogP) is 3.12. The number of carbonyl (C=O) groups is 1. The van der Waals surface area contributed by atoms with Crippen LogP contribution in [0.3, 0.4) is 0 Å². The molecule has 19 heavy (non-hydrogen) atoms. The summed E-state index contributed by atoms with van der Waals surface area (Å²) < 4.78 is 68.2. The third-order valence-electron chi connectivity index (χ3n) is 2.65. The maximum Gasteiger partial charge on any atom is 0.416 e. The van der Waals surface area contributed by atoms with Gasteiger partial charge in [0, 0.05) is 0 Å². The fraction of sp³-hybridized carbons (Fsp3) is 0.364. The van der Waals surface area contributed by atoms with E-state index >= 15 is 0 Å². The van der Waals surface area contributed by atoms with Crippen LogP contribution in [0.5, 0.6) is 0 Å². The molecule has 1 saturated heterocycles. The van der Waals surface area contributed by atoms with E-state index in [9.17, 15) is 26.7 Å². The number of halogens is 5. The number of cyclic esters (lactones) is 1. The van der Waals surface area contributed by atoms with Crippen molar-refractivity contribution in [1.29, 1.82) is 0 Å². The monoisotopic (exact) mass is 281 g/mol. The van der Waals surface area contributed by atoms with E-state index < -0.39 is 36.4 Å². The van der Waals surface area contributed by atoms with Crippen LogP contribution in [0.1, 0.15) is 17.2 Å².